The summed E-state index contributed by atoms with van der Waals surface area (Å²) in [6.45, 7) is 6.81. The van der Waals surface area contributed by atoms with Crippen LogP contribution < -0.4 is 5.73 Å². The van der Waals surface area contributed by atoms with E-state index in [0.717, 1.165) is 18.2 Å². The zero-order valence-electron chi connectivity index (χ0n) is 10.5. The van der Waals surface area contributed by atoms with Crippen LogP contribution in [0.15, 0.2) is 0 Å². The van der Waals surface area contributed by atoms with E-state index >= 15 is 0 Å². The minimum Gasteiger partial charge on any atom is -0.384 e. The third-order valence-electron chi connectivity index (χ3n) is 4.37. The zero-order chi connectivity index (χ0) is 11.5. The summed E-state index contributed by atoms with van der Waals surface area (Å²) in [5.41, 5.74) is 9.09. The number of hydrogen-bond acceptors (Lipinski definition) is 2. The second-order valence-corrected chi connectivity index (χ2v) is 6.11. The molecule has 3 rings (SSSR count). The van der Waals surface area contributed by atoms with Gasteiger partial charge in [-0.3, -0.25) is 0 Å². The smallest absolute Gasteiger partial charge is 0.126 e. The number of nitrogens with two attached hydrogens (primary N) is 1. The van der Waals surface area contributed by atoms with E-state index < -0.39 is 0 Å². The number of aromatic nitrogens is 2. The third kappa shape index (κ3) is 1.30. The Labute approximate surface area is 97.0 Å². The molecule has 1 atom stereocenters. The standard InChI is InChI=1S/C13H21N3/c1-8(9-4-5-9)16-12(14)11-10(15-16)6-7-13(11,2)3/h8-9H,4-7,14H2,1-3H3. The molecule has 0 aromatic carbocycles. The molecule has 0 amide bonds. The van der Waals surface area contributed by atoms with Crippen molar-refractivity contribution in [1.82, 2.24) is 9.78 Å². The lowest BCUT2D eigenvalue weighted by atomic mass is 9.87. The van der Waals surface area contributed by atoms with Crippen LogP contribution in [-0.4, -0.2) is 9.78 Å². The average Bonchev–Trinajstić information content (AvgIpc) is 2.93. The number of nitrogens with zero attached hydrogens (tertiary/aromatic N) is 2. The number of hydrogen-bond donors (Lipinski definition) is 1. The van der Waals surface area contributed by atoms with E-state index in [9.17, 15) is 0 Å². The van der Waals surface area contributed by atoms with Crippen LogP contribution in [0.1, 0.15) is 57.3 Å². The summed E-state index contributed by atoms with van der Waals surface area (Å²) in [7, 11) is 0. The first kappa shape index (κ1) is 10.2. The minimum absolute atomic E-state index is 0.223. The Bertz CT molecular complexity index is 427. The van der Waals surface area contributed by atoms with Crippen LogP contribution in [0.4, 0.5) is 5.82 Å². The quantitative estimate of drug-likeness (QED) is 0.831. The van der Waals surface area contributed by atoms with Gasteiger partial charge in [0.15, 0.2) is 0 Å². The molecule has 0 spiro atoms. The number of rotatable bonds is 2. The van der Waals surface area contributed by atoms with Crippen LogP contribution in [0.25, 0.3) is 0 Å². The zero-order valence-corrected chi connectivity index (χ0v) is 10.5. The third-order valence-corrected chi connectivity index (χ3v) is 4.37. The van der Waals surface area contributed by atoms with Gasteiger partial charge in [-0.2, -0.15) is 5.10 Å². The molecule has 1 saturated carbocycles. The fourth-order valence-electron chi connectivity index (χ4n) is 3.05. The molecule has 1 fully saturated rings. The molecule has 1 heterocycles. The number of aryl methyl sites for hydroxylation is 1. The summed E-state index contributed by atoms with van der Waals surface area (Å²) >= 11 is 0. The second kappa shape index (κ2) is 3.02. The molecule has 0 radical (unpaired) electrons. The van der Waals surface area contributed by atoms with Gasteiger partial charge in [0.1, 0.15) is 5.82 Å². The maximum absolute atomic E-state index is 6.30. The lowest BCUT2D eigenvalue weighted by molar-refractivity contribution is 0.435. The summed E-state index contributed by atoms with van der Waals surface area (Å²) in [4.78, 5) is 0. The van der Waals surface area contributed by atoms with Crippen molar-refractivity contribution in [1.29, 1.82) is 0 Å². The second-order valence-electron chi connectivity index (χ2n) is 6.11. The maximum atomic E-state index is 6.30. The van der Waals surface area contributed by atoms with Gasteiger partial charge in [0.25, 0.3) is 0 Å². The predicted octanol–water partition coefficient (Wildman–Crippen LogP) is 2.66. The number of nitrogen functional groups attached to an aromatic ring is 1. The van der Waals surface area contributed by atoms with Crippen molar-refractivity contribution in [2.24, 2.45) is 5.92 Å². The Kier molecular flexibility index (Phi) is 1.92. The SMILES string of the molecule is CC(C1CC1)n1nc2c(c1N)C(C)(C)CC2. The highest BCUT2D eigenvalue weighted by atomic mass is 15.3. The van der Waals surface area contributed by atoms with Crippen LogP contribution in [-0.2, 0) is 11.8 Å². The molecule has 1 aromatic rings. The fourth-order valence-corrected chi connectivity index (χ4v) is 3.05. The van der Waals surface area contributed by atoms with E-state index in [1.54, 1.807) is 0 Å². The van der Waals surface area contributed by atoms with Gasteiger partial charge in [0.05, 0.1) is 11.7 Å². The molecule has 0 aliphatic heterocycles. The molecule has 16 heavy (non-hydrogen) atoms. The normalized spacial score (nSPS) is 24.4. The Morgan fingerprint density at radius 1 is 1.44 bits per heavy atom. The van der Waals surface area contributed by atoms with Crippen LogP contribution in [0.5, 0.6) is 0 Å². The van der Waals surface area contributed by atoms with Gasteiger partial charge in [-0.25, -0.2) is 4.68 Å². The molecule has 0 saturated heterocycles. The van der Waals surface area contributed by atoms with Crippen LogP contribution >= 0.6 is 0 Å². The molecule has 2 aliphatic carbocycles. The van der Waals surface area contributed by atoms with Gasteiger partial charge >= 0.3 is 0 Å². The van der Waals surface area contributed by atoms with Crippen LogP contribution in [0.3, 0.4) is 0 Å². The van der Waals surface area contributed by atoms with Gasteiger partial charge < -0.3 is 5.73 Å². The van der Waals surface area contributed by atoms with Gasteiger partial charge in [-0.05, 0) is 43.9 Å². The van der Waals surface area contributed by atoms with Gasteiger partial charge in [0, 0.05) is 5.56 Å². The van der Waals surface area contributed by atoms with Crippen molar-refractivity contribution in [3.8, 4) is 0 Å². The molecule has 1 unspecified atom stereocenters. The summed E-state index contributed by atoms with van der Waals surface area (Å²) in [6.07, 6.45) is 4.97. The van der Waals surface area contributed by atoms with Crippen LogP contribution in [0.2, 0.25) is 0 Å². The first-order valence-corrected chi connectivity index (χ1v) is 6.38. The number of fused-ring (bicyclic) bond motifs is 1. The van der Waals surface area contributed by atoms with Gasteiger partial charge in [-0.15, -0.1) is 0 Å². The van der Waals surface area contributed by atoms with Crippen molar-refractivity contribution in [2.75, 3.05) is 5.73 Å². The highest BCUT2D eigenvalue weighted by Gasteiger charge is 2.38. The summed E-state index contributed by atoms with van der Waals surface area (Å²) in [5, 5.41) is 4.74. The van der Waals surface area contributed by atoms with Crippen molar-refractivity contribution >= 4 is 5.82 Å². The topological polar surface area (TPSA) is 43.8 Å². The summed E-state index contributed by atoms with van der Waals surface area (Å²) < 4.78 is 2.09. The Hall–Kier alpha value is -0.990. The van der Waals surface area contributed by atoms with E-state index in [4.69, 9.17) is 10.8 Å². The highest BCUT2D eigenvalue weighted by molar-refractivity contribution is 5.51. The van der Waals surface area contributed by atoms with E-state index in [1.165, 1.54) is 30.5 Å². The van der Waals surface area contributed by atoms with Gasteiger partial charge in [0.2, 0.25) is 0 Å². The molecule has 3 nitrogen and oxygen atoms in total. The molecule has 2 aliphatic rings. The lowest BCUT2D eigenvalue weighted by Gasteiger charge is -2.20. The Morgan fingerprint density at radius 3 is 2.69 bits per heavy atom. The molecular formula is C13H21N3. The monoisotopic (exact) mass is 219 g/mol. The average molecular weight is 219 g/mol. The molecule has 0 bridgehead atoms. The molecular weight excluding hydrogens is 198 g/mol. The van der Waals surface area contributed by atoms with E-state index in [1.807, 2.05) is 0 Å². The molecule has 88 valence electrons. The lowest BCUT2D eigenvalue weighted by Crippen LogP contribution is -2.18. The van der Waals surface area contributed by atoms with Gasteiger partial charge in [-0.1, -0.05) is 13.8 Å². The van der Waals surface area contributed by atoms with E-state index in [-0.39, 0.29) is 5.41 Å². The van der Waals surface area contributed by atoms with Crippen molar-refractivity contribution in [2.45, 2.75) is 57.9 Å². The van der Waals surface area contributed by atoms with Crippen molar-refractivity contribution in [3.05, 3.63) is 11.3 Å². The number of anilines is 1. The summed E-state index contributed by atoms with van der Waals surface area (Å²) in [5.74, 6) is 1.74. The Morgan fingerprint density at radius 2 is 2.12 bits per heavy atom. The maximum Gasteiger partial charge on any atom is 0.126 e. The summed E-state index contributed by atoms with van der Waals surface area (Å²) in [6, 6.07) is 0.487. The van der Waals surface area contributed by atoms with Crippen LogP contribution in [0, 0.1) is 5.92 Å². The van der Waals surface area contributed by atoms with Crippen molar-refractivity contribution in [3.63, 3.8) is 0 Å². The first-order chi connectivity index (χ1) is 7.50. The first-order valence-electron chi connectivity index (χ1n) is 6.38. The van der Waals surface area contributed by atoms with Crippen molar-refractivity contribution < 1.29 is 0 Å². The molecule has 3 heteroatoms. The van der Waals surface area contributed by atoms with E-state index in [2.05, 4.69) is 25.5 Å². The molecule has 2 N–H and O–H groups in total. The Balaban J connectivity index is 2.03. The molecule has 1 aromatic heterocycles. The predicted molar refractivity (Wildman–Crippen MR) is 65.4 cm³/mol. The fraction of sp³-hybridized carbons (Fsp3) is 0.769. The largest absolute Gasteiger partial charge is 0.384 e. The minimum atomic E-state index is 0.223. The highest BCUT2D eigenvalue weighted by Crippen LogP contribution is 2.45. The van der Waals surface area contributed by atoms with E-state index in [0.29, 0.717) is 6.04 Å².